The number of rotatable bonds is 5. The highest BCUT2D eigenvalue weighted by atomic mass is 15.1. The van der Waals surface area contributed by atoms with Crippen LogP contribution < -0.4 is 0 Å². The van der Waals surface area contributed by atoms with E-state index in [0.717, 1.165) is 48.8 Å². The van der Waals surface area contributed by atoms with Gasteiger partial charge in [0, 0.05) is 44.6 Å². The summed E-state index contributed by atoms with van der Waals surface area (Å²) in [6.45, 7) is 3.05. The summed E-state index contributed by atoms with van der Waals surface area (Å²) in [6.07, 6.45) is 15.8. The second kappa shape index (κ2) is 7.70. The van der Waals surface area contributed by atoms with Gasteiger partial charge in [-0.15, -0.1) is 0 Å². The van der Waals surface area contributed by atoms with Crippen molar-refractivity contribution in [2.75, 3.05) is 13.1 Å². The van der Waals surface area contributed by atoms with Crippen LogP contribution in [0.15, 0.2) is 43.5 Å². The molecule has 1 saturated heterocycles. The number of aryl methyl sites for hydroxylation is 1. The first kappa shape index (κ1) is 16.8. The standard InChI is InChI=1S/C19H23N7/c1-25-14-21-12-18(25)19-17(23-6-7-24-19)10-15-2-8-26(9-3-15)13-16-11-20-4-5-22-16/h4-7,11-12,14-15H,2-3,8-10,13H2,1H3. The zero-order valence-electron chi connectivity index (χ0n) is 15.0. The minimum absolute atomic E-state index is 0.636. The van der Waals surface area contributed by atoms with Crippen molar-refractivity contribution >= 4 is 0 Å². The molecular weight excluding hydrogens is 326 g/mol. The van der Waals surface area contributed by atoms with Gasteiger partial charge < -0.3 is 4.57 Å². The average molecular weight is 349 g/mol. The van der Waals surface area contributed by atoms with Gasteiger partial charge >= 0.3 is 0 Å². The van der Waals surface area contributed by atoms with Crippen LogP contribution in [-0.4, -0.2) is 47.5 Å². The average Bonchev–Trinajstić information content (AvgIpc) is 3.10. The van der Waals surface area contributed by atoms with E-state index in [-0.39, 0.29) is 0 Å². The maximum Gasteiger partial charge on any atom is 0.110 e. The van der Waals surface area contributed by atoms with Crippen LogP contribution in [0.2, 0.25) is 0 Å². The second-order valence-electron chi connectivity index (χ2n) is 6.86. The van der Waals surface area contributed by atoms with Gasteiger partial charge in [0.2, 0.25) is 0 Å². The van der Waals surface area contributed by atoms with E-state index in [9.17, 15) is 0 Å². The fraction of sp³-hybridized carbons (Fsp3) is 0.421. The van der Waals surface area contributed by atoms with Gasteiger partial charge in [-0.25, -0.2) is 4.98 Å². The zero-order valence-corrected chi connectivity index (χ0v) is 15.0. The highest BCUT2D eigenvalue weighted by Gasteiger charge is 2.22. The highest BCUT2D eigenvalue weighted by Crippen LogP contribution is 2.26. The van der Waals surface area contributed by atoms with Gasteiger partial charge in [0.25, 0.3) is 0 Å². The van der Waals surface area contributed by atoms with E-state index in [2.05, 4.69) is 29.8 Å². The molecule has 0 amide bonds. The maximum absolute atomic E-state index is 4.62. The molecule has 0 N–H and O–H groups in total. The van der Waals surface area contributed by atoms with Crippen molar-refractivity contribution in [1.82, 2.24) is 34.4 Å². The summed E-state index contributed by atoms with van der Waals surface area (Å²) in [4.78, 5) is 24.4. The first-order valence-electron chi connectivity index (χ1n) is 9.03. The smallest absolute Gasteiger partial charge is 0.110 e. The number of imidazole rings is 1. The summed E-state index contributed by atoms with van der Waals surface area (Å²) in [7, 11) is 1.99. The number of piperidine rings is 1. The molecule has 0 aromatic carbocycles. The van der Waals surface area contributed by atoms with E-state index in [1.807, 2.05) is 24.0 Å². The predicted molar refractivity (Wildman–Crippen MR) is 98.0 cm³/mol. The van der Waals surface area contributed by atoms with E-state index < -0.39 is 0 Å². The van der Waals surface area contributed by atoms with Crippen molar-refractivity contribution in [3.05, 3.63) is 54.9 Å². The van der Waals surface area contributed by atoms with Gasteiger partial charge in [-0.2, -0.15) is 0 Å². The minimum Gasteiger partial charge on any atom is -0.332 e. The number of hydrogen-bond acceptors (Lipinski definition) is 6. The normalized spacial score (nSPS) is 16.0. The number of likely N-dealkylation sites (tertiary alicyclic amines) is 1. The maximum atomic E-state index is 4.62. The Labute approximate surface area is 153 Å². The third-order valence-electron chi connectivity index (χ3n) is 5.02. The molecule has 4 heterocycles. The van der Waals surface area contributed by atoms with Crippen LogP contribution in [0.3, 0.4) is 0 Å². The van der Waals surface area contributed by atoms with Crippen LogP contribution >= 0.6 is 0 Å². The summed E-state index contributed by atoms with van der Waals surface area (Å²) in [6, 6.07) is 0. The Morgan fingerprint density at radius 2 is 1.77 bits per heavy atom. The fourth-order valence-corrected chi connectivity index (χ4v) is 3.58. The van der Waals surface area contributed by atoms with Gasteiger partial charge in [-0.05, 0) is 38.3 Å². The molecule has 0 atom stereocenters. The molecule has 134 valence electrons. The topological polar surface area (TPSA) is 72.6 Å². The van der Waals surface area contributed by atoms with Gasteiger partial charge in [0.15, 0.2) is 0 Å². The summed E-state index contributed by atoms with van der Waals surface area (Å²) >= 11 is 0. The van der Waals surface area contributed by atoms with E-state index >= 15 is 0 Å². The Hall–Kier alpha value is -2.67. The molecule has 0 unspecified atom stereocenters. The molecule has 3 aromatic rings. The van der Waals surface area contributed by atoms with Crippen LogP contribution in [0.1, 0.15) is 24.2 Å². The molecule has 1 aliphatic heterocycles. The first-order valence-corrected chi connectivity index (χ1v) is 9.03. The third-order valence-corrected chi connectivity index (χ3v) is 5.02. The van der Waals surface area contributed by atoms with Crippen LogP contribution in [-0.2, 0) is 20.0 Å². The predicted octanol–water partition coefficient (Wildman–Crippen LogP) is 2.12. The van der Waals surface area contributed by atoms with E-state index in [1.165, 1.54) is 12.8 Å². The second-order valence-corrected chi connectivity index (χ2v) is 6.86. The molecule has 3 aromatic heterocycles. The van der Waals surface area contributed by atoms with Crippen molar-refractivity contribution < 1.29 is 0 Å². The summed E-state index contributed by atoms with van der Waals surface area (Å²) in [5.41, 5.74) is 4.09. The van der Waals surface area contributed by atoms with Gasteiger partial charge in [-0.1, -0.05) is 0 Å². The molecule has 7 heteroatoms. The Morgan fingerprint density at radius 3 is 2.50 bits per heavy atom. The number of aromatic nitrogens is 6. The fourth-order valence-electron chi connectivity index (χ4n) is 3.58. The summed E-state index contributed by atoms with van der Waals surface area (Å²) < 4.78 is 2.00. The van der Waals surface area contributed by atoms with Gasteiger partial charge in [0.1, 0.15) is 5.69 Å². The largest absolute Gasteiger partial charge is 0.332 e. The SMILES string of the molecule is Cn1cncc1-c1nccnc1CC1CCN(Cc2cnccn2)CC1. The Morgan fingerprint density at radius 1 is 0.962 bits per heavy atom. The lowest BCUT2D eigenvalue weighted by atomic mass is 9.91. The third kappa shape index (κ3) is 3.77. The van der Waals surface area contributed by atoms with E-state index in [4.69, 9.17) is 0 Å². The molecule has 0 radical (unpaired) electrons. The molecule has 1 aliphatic rings. The molecular formula is C19H23N7. The quantitative estimate of drug-likeness (QED) is 0.702. The molecule has 4 rings (SSSR count). The van der Waals surface area contributed by atoms with Crippen LogP contribution in [0.25, 0.3) is 11.4 Å². The van der Waals surface area contributed by atoms with Crippen LogP contribution in [0.5, 0.6) is 0 Å². The highest BCUT2D eigenvalue weighted by molar-refractivity contribution is 5.56. The minimum atomic E-state index is 0.636. The van der Waals surface area contributed by atoms with Crippen LogP contribution in [0, 0.1) is 5.92 Å². The summed E-state index contributed by atoms with van der Waals surface area (Å²) in [5.74, 6) is 0.636. The lowest BCUT2D eigenvalue weighted by molar-refractivity contribution is 0.174. The molecule has 0 aliphatic carbocycles. The molecule has 0 saturated carbocycles. The lowest BCUT2D eigenvalue weighted by Gasteiger charge is -2.31. The monoisotopic (exact) mass is 349 g/mol. The molecule has 26 heavy (non-hydrogen) atoms. The molecule has 7 nitrogen and oxygen atoms in total. The van der Waals surface area contributed by atoms with E-state index in [1.54, 1.807) is 31.1 Å². The number of nitrogens with zero attached hydrogens (tertiary/aromatic N) is 7. The zero-order chi connectivity index (χ0) is 17.8. The van der Waals surface area contributed by atoms with Crippen molar-refractivity contribution in [2.45, 2.75) is 25.8 Å². The van der Waals surface area contributed by atoms with Gasteiger partial charge in [0.05, 0.1) is 29.6 Å². The Kier molecular flexibility index (Phi) is 4.97. The Balaban J connectivity index is 1.39. The molecule has 0 spiro atoms. The van der Waals surface area contributed by atoms with E-state index in [0.29, 0.717) is 5.92 Å². The first-order chi connectivity index (χ1) is 12.8. The van der Waals surface area contributed by atoms with Crippen molar-refractivity contribution in [1.29, 1.82) is 0 Å². The molecule has 0 bridgehead atoms. The number of hydrogen-bond donors (Lipinski definition) is 0. The Bertz CT molecular complexity index is 838. The summed E-state index contributed by atoms with van der Waals surface area (Å²) in [5, 5.41) is 0. The molecule has 1 fully saturated rings. The van der Waals surface area contributed by atoms with Crippen molar-refractivity contribution in [2.24, 2.45) is 13.0 Å². The van der Waals surface area contributed by atoms with Crippen molar-refractivity contribution in [3.63, 3.8) is 0 Å². The van der Waals surface area contributed by atoms with Crippen LogP contribution in [0.4, 0.5) is 0 Å². The lowest BCUT2D eigenvalue weighted by Crippen LogP contribution is -2.34. The van der Waals surface area contributed by atoms with Crippen molar-refractivity contribution in [3.8, 4) is 11.4 Å². The van der Waals surface area contributed by atoms with Gasteiger partial charge in [-0.3, -0.25) is 24.8 Å².